The van der Waals surface area contributed by atoms with Gasteiger partial charge in [-0.2, -0.15) is 0 Å². The summed E-state index contributed by atoms with van der Waals surface area (Å²) in [5, 5.41) is 5.57. The lowest BCUT2D eigenvalue weighted by molar-refractivity contribution is -0.121. The van der Waals surface area contributed by atoms with Crippen molar-refractivity contribution in [1.82, 2.24) is 5.32 Å². The molecule has 0 aliphatic carbocycles. The normalized spacial score (nSPS) is 12.3. The fourth-order valence-electron chi connectivity index (χ4n) is 3.44. The van der Waals surface area contributed by atoms with Gasteiger partial charge in [-0.05, 0) is 39.8 Å². The van der Waals surface area contributed by atoms with Crippen LogP contribution in [0.2, 0.25) is 0 Å². The summed E-state index contributed by atoms with van der Waals surface area (Å²) in [4.78, 5) is 12.8. The lowest BCUT2D eigenvalue weighted by atomic mass is 9.94. The highest BCUT2D eigenvalue weighted by Crippen LogP contribution is 2.23. The van der Waals surface area contributed by atoms with Crippen LogP contribution in [0.4, 0.5) is 0 Å². The molecule has 0 aliphatic heterocycles. The lowest BCUT2D eigenvalue weighted by Crippen LogP contribution is -2.32. The molecule has 0 saturated heterocycles. The highest BCUT2D eigenvalue weighted by Gasteiger charge is 2.19. The molecule has 1 atom stereocenters. The van der Waals surface area contributed by atoms with E-state index in [1.54, 1.807) is 0 Å². The van der Waals surface area contributed by atoms with Crippen LogP contribution >= 0.6 is 0 Å². The monoisotopic (exact) mass is 345 g/mol. The average molecular weight is 345 g/mol. The first-order chi connectivity index (χ1) is 12.6. The first-order valence-electron chi connectivity index (χ1n) is 9.43. The Morgan fingerprint density at radius 1 is 0.923 bits per heavy atom. The van der Waals surface area contributed by atoms with Crippen LogP contribution in [0, 0.1) is 5.92 Å². The number of hydrogen-bond donors (Lipinski definition) is 1. The van der Waals surface area contributed by atoms with Gasteiger partial charge in [0.2, 0.25) is 5.91 Å². The van der Waals surface area contributed by atoms with Crippen LogP contribution in [-0.2, 0) is 17.6 Å². The van der Waals surface area contributed by atoms with Gasteiger partial charge in [-0.15, -0.1) is 0 Å². The Bertz CT molecular complexity index is 875. The second kappa shape index (κ2) is 8.18. The maximum atomic E-state index is 12.8. The summed E-state index contributed by atoms with van der Waals surface area (Å²) in [5.74, 6) is 0.401. The molecule has 0 aromatic heterocycles. The molecule has 3 aromatic carbocycles. The smallest absolute Gasteiger partial charge is 0.224 e. The number of amides is 1. The molecule has 0 radical (unpaired) electrons. The van der Waals surface area contributed by atoms with Crippen molar-refractivity contribution in [2.75, 3.05) is 0 Å². The van der Waals surface area contributed by atoms with E-state index < -0.39 is 0 Å². The molecule has 0 bridgehead atoms. The largest absolute Gasteiger partial charge is 0.349 e. The average Bonchev–Trinajstić information content (AvgIpc) is 2.66. The standard InChI is InChI=1S/C24H27NO/c1-4-18-12-14-20(15-13-18)24(17(2)3)25-23(26)16-21-10-7-9-19-8-5-6-11-22(19)21/h5-15,17,24H,4,16H2,1-3H3,(H,25,26)/t24-/m0/s1. The minimum atomic E-state index is 0.0309. The lowest BCUT2D eigenvalue weighted by Gasteiger charge is -2.23. The molecule has 0 fully saturated rings. The Kier molecular flexibility index (Phi) is 5.72. The van der Waals surface area contributed by atoms with E-state index in [0.29, 0.717) is 12.3 Å². The predicted molar refractivity (Wildman–Crippen MR) is 109 cm³/mol. The van der Waals surface area contributed by atoms with Crippen LogP contribution in [0.3, 0.4) is 0 Å². The summed E-state index contributed by atoms with van der Waals surface area (Å²) in [6.45, 7) is 6.45. The molecule has 3 aromatic rings. The highest BCUT2D eigenvalue weighted by atomic mass is 16.1. The zero-order chi connectivity index (χ0) is 18.5. The minimum absolute atomic E-state index is 0.0309. The summed E-state index contributed by atoms with van der Waals surface area (Å²) in [6, 6.07) is 23.0. The molecule has 0 heterocycles. The molecule has 134 valence electrons. The van der Waals surface area contributed by atoms with Crippen LogP contribution < -0.4 is 5.32 Å². The van der Waals surface area contributed by atoms with Gasteiger partial charge in [-0.3, -0.25) is 4.79 Å². The molecule has 0 aliphatic rings. The van der Waals surface area contributed by atoms with Crippen molar-refractivity contribution in [2.24, 2.45) is 5.92 Å². The third-order valence-electron chi connectivity index (χ3n) is 4.96. The quantitative estimate of drug-likeness (QED) is 0.631. The van der Waals surface area contributed by atoms with E-state index in [2.05, 4.69) is 68.6 Å². The van der Waals surface area contributed by atoms with Crippen molar-refractivity contribution in [3.63, 3.8) is 0 Å². The van der Waals surface area contributed by atoms with Crippen molar-refractivity contribution in [1.29, 1.82) is 0 Å². The zero-order valence-corrected chi connectivity index (χ0v) is 15.8. The number of rotatable bonds is 6. The molecule has 0 saturated carbocycles. The summed E-state index contributed by atoms with van der Waals surface area (Å²) in [5.41, 5.74) is 3.56. The van der Waals surface area contributed by atoms with E-state index in [4.69, 9.17) is 0 Å². The molecule has 0 unspecified atom stereocenters. The van der Waals surface area contributed by atoms with Gasteiger partial charge in [0.1, 0.15) is 0 Å². The van der Waals surface area contributed by atoms with Gasteiger partial charge in [0.15, 0.2) is 0 Å². The van der Waals surface area contributed by atoms with Gasteiger partial charge in [-0.1, -0.05) is 87.5 Å². The van der Waals surface area contributed by atoms with Crippen molar-refractivity contribution in [2.45, 2.75) is 39.7 Å². The van der Waals surface area contributed by atoms with Gasteiger partial charge in [0.25, 0.3) is 0 Å². The molecular weight excluding hydrogens is 318 g/mol. The van der Waals surface area contributed by atoms with E-state index in [0.717, 1.165) is 17.4 Å². The third kappa shape index (κ3) is 4.13. The predicted octanol–water partition coefficient (Wildman–Crippen LogP) is 5.46. The highest BCUT2D eigenvalue weighted by molar-refractivity contribution is 5.90. The van der Waals surface area contributed by atoms with Crippen molar-refractivity contribution < 1.29 is 4.79 Å². The Morgan fingerprint density at radius 3 is 2.31 bits per heavy atom. The van der Waals surface area contributed by atoms with E-state index in [1.807, 2.05) is 24.3 Å². The van der Waals surface area contributed by atoms with Crippen LogP contribution in [-0.4, -0.2) is 5.91 Å². The molecule has 26 heavy (non-hydrogen) atoms. The van der Waals surface area contributed by atoms with E-state index >= 15 is 0 Å². The van der Waals surface area contributed by atoms with Crippen molar-refractivity contribution in [3.8, 4) is 0 Å². The zero-order valence-electron chi connectivity index (χ0n) is 15.8. The fourth-order valence-corrected chi connectivity index (χ4v) is 3.44. The van der Waals surface area contributed by atoms with Gasteiger partial charge in [-0.25, -0.2) is 0 Å². The number of nitrogens with one attached hydrogen (secondary N) is 1. The molecule has 2 nitrogen and oxygen atoms in total. The molecule has 1 N–H and O–H groups in total. The maximum absolute atomic E-state index is 12.8. The summed E-state index contributed by atoms with van der Waals surface area (Å²) in [6.07, 6.45) is 1.43. The molecule has 3 rings (SSSR count). The molecule has 0 spiro atoms. The molecule has 2 heteroatoms. The summed E-state index contributed by atoms with van der Waals surface area (Å²) >= 11 is 0. The fraction of sp³-hybridized carbons (Fsp3) is 0.292. The molecule has 1 amide bonds. The van der Waals surface area contributed by atoms with Crippen LogP contribution in [0.15, 0.2) is 66.7 Å². The van der Waals surface area contributed by atoms with E-state index in [1.165, 1.54) is 16.5 Å². The van der Waals surface area contributed by atoms with Crippen molar-refractivity contribution >= 4 is 16.7 Å². The van der Waals surface area contributed by atoms with Crippen molar-refractivity contribution in [3.05, 3.63) is 83.4 Å². The number of aryl methyl sites for hydroxylation is 1. The Labute approximate surface area is 156 Å². The third-order valence-corrected chi connectivity index (χ3v) is 4.96. The Balaban J connectivity index is 1.77. The number of hydrogen-bond acceptors (Lipinski definition) is 1. The number of benzene rings is 3. The van der Waals surface area contributed by atoms with E-state index in [9.17, 15) is 4.79 Å². The van der Waals surface area contributed by atoms with Crippen LogP contribution in [0.5, 0.6) is 0 Å². The number of carbonyl (C=O) groups is 1. The van der Waals surface area contributed by atoms with Gasteiger partial charge < -0.3 is 5.32 Å². The van der Waals surface area contributed by atoms with Crippen LogP contribution in [0.1, 0.15) is 43.5 Å². The van der Waals surface area contributed by atoms with Gasteiger partial charge in [0.05, 0.1) is 12.5 Å². The second-order valence-corrected chi connectivity index (χ2v) is 7.20. The summed E-state index contributed by atoms with van der Waals surface area (Å²) in [7, 11) is 0. The first-order valence-corrected chi connectivity index (χ1v) is 9.43. The SMILES string of the molecule is CCc1ccc([C@@H](NC(=O)Cc2cccc3ccccc23)C(C)C)cc1. The number of carbonyl (C=O) groups excluding carboxylic acids is 1. The Morgan fingerprint density at radius 2 is 1.62 bits per heavy atom. The summed E-state index contributed by atoms with van der Waals surface area (Å²) < 4.78 is 0. The molecular formula is C24H27NO. The maximum Gasteiger partial charge on any atom is 0.224 e. The second-order valence-electron chi connectivity index (χ2n) is 7.20. The van der Waals surface area contributed by atoms with Gasteiger partial charge >= 0.3 is 0 Å². The first kappa shape index (κ1) is 18.2. The Hall–Kier alpha value is -2.61. The topological polar surface area (TPSA) is 29.1 Å². The number of fused-ring (bicyclic) bond motifs is 1. The van der Waals surface area contributed by atoms with Gasteiger partial charge in [0, 0.05) is 0 Å². The minimum Gasteiger partial charge on any atom is -0.349 e. The van der Waals surface area contributed by atoms with Crippen LogP contribution in [0.25, 0.3) is 10.8 Å². The van der Waals surface area contributed by atoms with E-state index in [-0.39, 0.29) is 11.9 Å².